The number of hydrogen-bond acceptors (Lipinski definition) is 3. The van der Waals surface area contributed by atoms with E-state index in [0.29, 0.717) is 11.6 Å². The molecule has 1 aromatic heterocycles. The molecule has 2 unspecified atom stereocenters. The Kier molecular flexibility index (Phi) is 6.23. The van der Waals surface area contributed by atoms with Gasteiger partial charge in [0, 0.05) is 18.9 Å². The van der Waals surface area contributed by atoms with Crippen LogP contribution in [0.3, 0.4) is 0 Å². The van der Waals surface area contributed by atoms with Gasteiger partial charge < -0.3 is 9.88 Å². The largest absolute Gasteiger partial charge is 0.392 e. The van der Waals surface area contributed by atoms with Gasteiger partial charge in [-0.3, -0.25) is 4.79 Å². The number of aromatic nitrogens is 3. The van der Waals surface area contributed by atoms with Crippen LogP contribution >= 0.6 is 0 Å². The number of amides is 1. The van der Waals surface area contributed by atoms with Crippen LogP contribution in [0.5, 0.6) is 0 Å². The Morgan fingerprint density at radius 3 is 2.75 bits per heavy atom. The van der Waals surface area contributed by atoms with Crippen molar-refractivity contribution in [2.24, 2.45) is 11.8 Å². The summed E-state index contributed by atoms with van der Waals surface area (Å²) in [4.78, 5) is 12.2. The standard InChI is InChI=1S/C16H25F3N4O/c1-3-5-6-11(4-2)15(24)20-10-14-22-21-13-9-12(16(17,18)19)7-8-23(13)14/h11-12H,3-10H2,1-2H3,(H,20,24). The molecule has 0 fully saturated rings. The quantitative estimate of drug-likeness (QED) is 0.824. The highest BCUT2D eigenvalue weighted by atomic mass is 19.4. The van der Waals surface area contributed by atoms with Gasteiger partial charge in [-0.05, 0) is 19.3 Å². The van der Waals surface area contributed by atoms with Gasteiger partial charge in [-0.25, -0.2) is 0 Å². The molecule has 2 rings (SSSR count). The van der Waals surface area contributed by atoms with Crippen LogP contribution in [0.15, 0.2) is 0 Å². The maximum absolute atomic E-state index is 12.8. The zero-order chi connectivity index (χ0) is 17.7. The molecule has 0 spiro atoms. The fourth-order valence-electron chi connectivity index (χ4n) is 3.08. The molecule has 24 heavy (non-hydrogen) atoms. The molecule has 0 radical (unpaired) electrons. The average molecular weight is 346 g/mol. The van der Waals surface area contributed by atoms with Gasteiger partial charge in [0.15, 0.2) is 5.82 Å². The van der Waals surface area contributed by atoms with Crippen molar-refractivity contribution >= 4 is 5.91 Å². The lowest BCUT2D eigenvalue weighted by molar-refractivity contribution is -0.179. The number of hydrogen-bond donors (Lipinski definition) is 1. The van der Waals surface area contributed by atoms with Crippen molar-refractivity contribution in [1.82, 2.24) is 20.1 Å². The molecule has 5 nitrogen and oxygen atoms in total. The molecular formula is C16H25F3N4O. The Bertz CT molecular complexity index is 556. The first-order valence-electron chi connectivity index (χ1n) is 8.62. The number of carbonyl (C=O) groups is 1. The molecule has 2 atom stereocenters. The molecule has 8 heteroatoms. The van der Waals surface area contributed by atoms with Crippen LogP contribution in [-0.4, -0.2) is 26.8 Å². The van der Waals surface area contributed by atoms with Crippen LogP contribution in [0.1, 0.15) is 57.6 Å². The molecule has 1 aliphatic rings. The van der Waals surface area contributed by atoms with E-state index >= 15 is 0 Å². The first kappa shape index (κ1) is 18.7. The zero-order valence-electron chi connectivity index (χ0n) is 14.2. The van der Waals surface area contributed by atoms with Crippen molar-refractivity contribution < 1.29 is 18.0 Å². The summed E-state index contributed by atoms with van der Waals surface area (Å²) < 4.78 is 40.1. The van der Waals surface area contributed by atoms with Gasteiger partial charge in [-0.15, -0.1) is 10.2 Å². The van der Waals surface area contributed by atoms with E-state index in [1.807, 2.05) is 6.92 Å². The molecule has 0 saturated heterocycles. The number of halogens is 3. The van der Waals surface area contributed by atoms with E-state index < -0.39 is 12.1 Å². The van der Waals surface area contributed by atoms with E-state index in [9.17, 15) is 18.0 Å². The first-order chi connectivity index (χ1) is 11.4. The monoisotopic (exact) mass is 346 g/mol. The number of nitrogens with one attached hydrogen (secondary N) is 1. The summed E-state index contributed by atoms with van der Waals surface area (Å²) >= 11 is 0. The number of rotatable bonds is 7. The molecule has 0 saturated carbocycles. The number of alkyl halides is 3. The van der Waals surface area contributed by atoms with Gasteiger partial charge in [-0.1, -0.05) is 26.7 Å². The second-order valence-electron chi connectivity index (χ2n) is 6.38. The van der Waals surface area contributed by atoms with Gasteiger partial charge in [0.2, 0.25) is 5.91 Å². The summed E-state index contributed by atoms with van der Waals surface area (Å²) in [5, 5.41) is 10.7. The summed E-state index contributed by atoms with van der Waals surface area (Å²) in [7, 11) is 0. The Balaban J connectivity index is 1.94. The molecule has 1 aromatic rings. The Hall–Kier alpha value is -1.60. The minimum absolute atomic E-state index is 0.0210. The maximum Gasteiger partial charge on any atom is 0.392 e. The van der Waals surface area contributed by atoms with Crippen molar-refractivity contribution in [2.75, 3.05) is 0 Å². The van der Waals surface area contributed by atoms with E-state index in [1.54, 1.807) is 4.57 Å². The maximum atomic E-state index is 12.8. The molecule has 2 heterocycles. The van der Waals surface area contributed by atoms with Crippen LogP contribution in [0.4, 0.5) is 13.2 Å². The number of nitrogens with zero attached hydrogens (tertiary/aromatic N) is 3. The van der Waals surface area contributed by atoms with Crippen molar-refractivity contribution in [3.8, 4) is 0 Å². The predicted octanol–water partition coefficient (Wildman–Crippen LogP) is 3.24. The Labute approximate surface area is 140 Å². The number of fused-ring (bicyclic) bond motifs is 1. The lowest BCUT2D eigenvalue weighted by Gasteiger charge is -2.25. The lowest BCUT2D eigenvalue weighted by Crippen LogP contribution is -2.33. The minimum atomic E-state index is -4.20. The number of unbranched alkanes of at least 4 members (excludes halogenated alkanes) is 1. The Morgan fingerprint density at radius 2 is 2.12 bits per heavy atom. The molecule has 1 amide bonds. The molecular weight excluding hydrogens is 321 g/mol. The van der Waals surface area contributed by atoms with Crippen molar-refractivity contribution in [1.29, 1.82) is 0 Å². The van der Waals surface area contributed by atoms with Crippen LogP contribution in [0, 0.1) is 11.8 Å². The lowest BCUT2D eigenvalue weighted by atomic mass is 9.97. The summed E-state index contributed by atoms with van der Waals surface area (Å²) in [5.74, 6) is -0.513. The van der Waals surface area contributed by atoms with Crippen LogP contribution < -0.4 is 5.32 Å². The molecule has 1 N–H and O–H groups in total. The second-order valence-corrected chi connectivity index (χ2v) is 6.38. The summed E-state index contributed by atoms with van der Waals surface area (Å²) in [6.45, 7) is 4.52. The minimum Gasteiger partial charge on any atom is -0.349 e. The predicted molar refractivity (Wildman–Crippen MR) is 83.0 cm³/mol. The number of carbonyl (C=O) groups excluding carboxylic acids is 1. The SMILES string of the molecule is CCCCC(CC)C(=O)NCc1nnc2n1CCC(C(F)(F)F)C2. The third-order valence-corrected chi connectivity index (χ3v) is 4.69. The Morgan fingerprint density at radius 1 is 1.38 bits per heavy atom. The fraction of sp³-hybridized carbons (Fsp3) is 0.812. The topological polar surface area (TPSA) is 59.8 Å². The smallest absolute Gasteiger partial charge is 0.349 e. The van der Waals surface area contributed by atoms with E-state index in [0.717, 1.165) is 25.7 Å². The van der Waals surface area contributed by atoms with Gasteiger partial charge in [0.25, 0.3) is 0 Å². The highest BCUT2D eigenvalue weighted by Gasteiger charge is 2.42. The van der Waals surface area contributed by atoms with Gasteiger partial charge in [0.1, 0.15) is 5.82 Å². The fourth-order valence-corrected chi connectivity index (χ4v) is 3.08. The van der Waals surface area contributed by atoms with Crippen molar-refractivity contribution in [3.63, 3.8) is 0 Å². The molecule has 0 aliphatic carbocycles. The first-order valence-corrected chi connectivity index (χ1v) is 8.62. The average Bonchev–Trinajstić information content (AvgIpc) is 2.95. The van der Waals surface area contributed by atoms with E-state index in [-0.39, 0.29) is 37.8 Å². The van der Waals surface area contributed by atoms with E-state index in [2.05, 4.69) is 22.4 Å². The molecule has 0 bridgehead atoms. The molecule has 136 valence electrons. The third-order valence-electron chi connectivity index (χ3n) is 4.69. The van der Waals surface area contributed by atoms with Crippen molar-refractivity contribution in [2.45, 2.75) is 71.6 Å². The van der Waals surface area contributed by atoms with Crippen molar-refractivity contribution in [3.05, 3.63) is 11.6 Å². The van der Waals surface area contributed by atoms with Crippen LogP contribution in [-0.2, 0) is 24.3 Å². The summed E-state index contributed by atoms with van der Waals surface area (Å²) in [5.41, 5.74) is 0. The van der Waals surface area contributed by atoms with E-state index in [1.165, 1.54) is 0 Å². The van der Waals surface area contributed by atoms with Gasteiger partial charge in [0.05, 0.1) is 12.5 Å². The van der Waals surface area contributed by atoms with Gasteiger partial charge >= 0.3 is 6.18 Å². The highest BCUT2D eigenvalue weighted by molar-refractivity contribution is 5.78. The third kappa shape index (κ3) is 4.48. The van der Waals surface area contributed by atoms with Gasteiger partial charge in [-0.2, -0.15) is 13.2 Å². The van der Waals surface area contributed by atoms with Crippen LogP contribution in [0.25, 0.3) is 0 Å². The zero-order valence-corrected chi connectivity index (χ0v) is 14.2. The summed E-state index contributed by atoms with van der Waals surface area (Å²) in [6.07, 6.45) is -0.630. The second kappa shape index (κ2) is 7.98. The molecule has 1 aliphatic heterocycles. The van der Waals surface area contributed by atoms with Crippen LogP contribution in [0.2, 0.25) is 0 Å². The molecule has 0 aromatic carbocycles. The highest BCUT2D eigenvalue weighted by Crippen LogP contribution is 2.34. The van der Waals surface area contributed by atoms with E-state index in [4.69, 9.17) is 0 Å². The summed E-state index contributed by atoms with van der Waals surface area (Å²) in [6, 6.07) is 0. The normalized spacial score (nSPS) is 19.0.